The summed E-state index contributed by atoms with van der Waals surface area (Å²) < 4.78 is 34.1. The number of oxime groups is 1. The molecule has 3 aromatic rings. The van der Waals surface area contributed by atoms with Gasteiger partial charge in [-0.1, -0.05) is 11.2 Å². The maximum absolute atomic E-state index is 13.3. The van der Waals surface area contributed by atoms with Crippen LogP contribution in [0, 0.1) is 0 Å². The number of aromatic nitrogens is 2. The Bertz CT molecular complexity index is 2080. The van der Waals surface area contributed by atoms with Crippen LogP contribution in [0.5, 0.6) is 5.75 Å². The summed E-state index contributed by atoms with van der Waals surface area (Å²) >= 11 is 0.891. The van der Waals surface area contributed by atoms with E-state index in [0.717, 1.165) is 43.5 Å². The van der Waals surface area contributed by atoms with Crippen molar-refractivity contribution in [3.63, 3.8) is 0 Å². The number of anilines is 1. The first-order valence-corrected chi connectivity index (χ1v) is 16.2. The number of rotatable bonds is 13. The van der Waals surface area contributed by atoms with Gasteiger partial charge in [-0.05, 0) is 32.0 Å². The van der Waals surface area contributed by atoms with Crippen molar-refractivity contribution in [3.8, 4) is 5.75 Å². The molecule has 2 aromatic heterocycles. The molecule has 0 spiro atoms. The van der Waals surface area contributed by atoms with Gasteiger partial charge in [-0.2, -0.15) is 13.1 Å². The van der Waals surface area contributed by atoms with Crippen LogP contribution in [-0.4, -0.2) is 102 Å². The van der Waals surface area contributed by atoms with Gasteiger partial charge in [0.05, 0.1) is 24.5 Å². The number of aliphatic carboxylic acids is 1. The molecule has 266 valence electrons. The van der Waals surface area contributed by atoms with E-state index >= 15 is 0 Å². The Labute approximate surface area is 284 Å². The van der Waals surface area contributed by atoms with Gasteiger partial charge in [-0.15, -0.1) is 11.3 Å². The van der Waals surface area contributed by atoms with Crippen LogP contribution in [-0.2, 0) is 36.1 Å². The van der Waals surface area contributed by atoms with E-state index in [2.05, 4.69) is 26.1 Å². The molecule has 0 saturated carbocycles. The van der Waals surface area contributed by atoms with E-state index in [1.165, 1.54) is 23.6 Å². The number of nitrogens with one attached hydrogen (secondary N) is 3. The minimum atomic E-state index is -5.18. The van der Waals surface area contributed by atoms with Gasteiger partial charge in [0.25, 0.3) is 23.6 Å². The molecule has 50 heavy (non-hydrogen) atoms. The highest BCUT2D eigenvalue weighted by Gasteiger charge is 2.54. The van der Waals surface area contributed by atoms with E-state index in [1.807, 2.05) is 0 Å². The van der Waals surface area contributed by atoms with Crippen molar-refractivity contribution in [1.82, 2.24) is 30.0 Å². The van der Waals surface area contributed by atoms with E-state index in [9.17, 15) is 57.2 Å². The van der Waals surface area contributed by atoms with E-state index in [4.69, 9.17) is 10.6 Å². The number of hydrogen-bond donors (Lipinski definition) is 8. The van der Waals surface area contributed by atoms with Crippen LogP contribution < -0.4 is 27.1 Å². The van der Waals surface area contributed by atoms with Crippen molar-refractivity contribution in [2.75, 3.05) is 12.3 Å². The molecule has 0 aliphatic carbocycles. The second kappa shape index (κ2) is 14.2. The summed E-state index contributed by atoms with van der Waals surface area (Å²) in [6, 6.07) is 2.78. The number of carbonyl (C=O) groups excluding carboxylic acids is 4. The highest BCUT2D eigenvalue weighted by atomic mass is 32.2. The molecular formula is C27H28N8O13S2. The first-order valence-electron chi connectivity index (χ1n) is 13.9. The molecular weight excluding hydrogens is 708 g/mol. The lowest BCUT2D eigenvalue weighted by Gasteiger charge is -2.44. The number of amides is 4. The third-order valence-electron chi connectivity index (χ3n) is 6.94. The van der Waals surface area contributed by atoms with Crippen molar-refractivity contribution < 1.29 is 57.2 Å². The number of hydrogen-bond acceptors (Lipinski definition) is 15. The minimum Gasteiger partial charge on any atom is -0.503 e. The highest BCUT2D eigenvalue weighted by Crippen LogP contribution is 2.24. The zero-order valence-electron chi connectivity index (χ0n) is 25.8. The van der Waals surface area contributed by atoms with Gasteiger partial charge in [0.15, 0.2) is 16.6 Å². The van der Waals surface area contributed by atoms with E-state index in [-0.39, 0.29) is 38.5 Å². The molecule has 1 aliphatic rings. The Morgan fingerprint density at radius 3 is 2.34 bits per heavy atom. The summed E-state index contributed by atoms with van der Waals surface area (Å²) in [5.41, 5.74) is 1.89. The number of nitrogens with zero attached hydrogens (tertiary/aromatic N) is 4. The summed E-state index contributed by atoms with van der Waals surface area (Å²) in [4.78, 5) is 83.7. The van der Waals surface area contributed by atoms with Crippen molar-refractivity contribution in [2.45, 2.75) is 38.1 Å². The van der Waals surface area contributed by atoms with E-state index < -0.39 is 81.0 Å². The molecule has 0 bridgehead atoms. The van der Waals surface area contributed by atoms with E-state index in [1.54, 1.807) is 0 Å². The number of benzene rings is 1. The molecule has 2 atom stereocenters. The molecule has 9 N–H and O–H groups in total. The van der Waals surface area contributed by atoms with Crippen molar-refractivity contribution >= 4 is 62.1 Å². The Morgan fingerprint density at radius 2 is 1.76 bits per heavy atom. The third kappa shape index (κ3) is 8.13. The predicted octanol–water partition coefficient (Wildman–Crippen LogP) is -1.73. The molecule has 1 aliphatic heterocycles. The average molecular weight is 737 g/mol. The van der Waals surface area contributed by atoms with E-state index in [0.29, 0.717) is 4.73 Å². The first kappa shape index (κ1) is 36.8. The Balaban J connectivity index is 1.48. The molecule has 3 heterocycles. The summed E-state index contributed by atoms with van der Waals surface area (Å²) in [5, 5.41) is 40.4. The topological polar surface area (TPSA) is 322 Å². The fourth-order valence-electron chi connectivity index (χ4n) is 4.23. The predicted molar refractivity (Wildman–Crippen MR) is 169 cm³/mol. The monoisotopic (exact) mass is 736 g/mol. The molecule has 1 saturated heterocycles. The molecule has 1 fully saturated rings. The van der Waals surface area contributed by atoms with Crippen LogP contribution in [0.15, 0.2) is 51.9 Å². The maximum Gasteiger partial charge on any atom is 0.362 e. The zero-order valence-corrected chi connectivity index (χ0v) is 27.4. The molecule has 23 heteroatoms. The standard InChI is InChI=1S/C27H28N8O13S2/c1-27(2,25(42)43)48-33-19(15-11-49-26(28)31-15)23(40)32-20-16(35(24(20)41)50(45,46)47)9-30-22(39)13-5-3-4-12(6-13)21(38)29-8-14-7-17(36)18(37)10-34(14)44/h3-7,10-11,16,20,37,44H,8-9H2,1-2H3,(H2,28,31)(H,29,38)(H,30,39)(H,32,40)(H,42,43)(H,45,46,47)/b33-19-/t16-,20+/m1/s1. The molecule has 0 radical (unpaired) electrons. The molecule has 4 amide bonds. The molecule has 4 rings (SSSR count). The van der Waals surface area contributed by atoms with Crippen LogP contribution in [0.4, 0.5) is 5.13 Å². The molecule has 1 aromatic carbocycles. The van der Waals surface area contributed by atoms with Crippen molar-refractivity contribution in [2.24, 2.45) is 5.16 Å². The summed E-state index contributed by atoms with van der Waals surface area (Å²) in [6.07, 6.45) is 0.741. The summed E-state index contributed by atoms with van der Waals surface area (Å²) in [6.45, 7) is 1.27. The normalized spacial score (nSPS) is 16.3. The van der Waals surface area contributed by atoms with Gasteiger partial charge in [0.2, 0.25) is 11.0 Å². The number of carbonyl (C=O) groups is 5. The first-order chi connectivity index (χ1) is 23.3. The fourth-order valence-corrected chi connectivity index (χ4v) is 5.66. The van der Waals surface area contributed by atoms with Gasteiger partial charge >= 0.3 is 16.3 Å². The molecule has 21 nitrogen and oxygen atoms in total. The van der Waals surface area contributed by atoms with Crippen LogP contribution in [0.2, 0.25) is 0 Å². The Morgan fingerprint density at radius 1 is 1.12 bits per heavy atom. The van der Waals surface area contributed by atoms with Crippen molar-refractivity contribution in [3.05, 3.63) is 74.6 Å². The number of carboxylic acid groups (broad SMARTS) is 1. The van der Waals surface area contributed by atoms with Crippen molar-refractivity contribution in [1.29, 1.82) is 0 Å². The smallest absolute Gasteiger partial charge is 0.362 e. The number of nitrogens with two attached hydrogens (primary N) is 1. The third-order valence-corrected chi connectivity index (χ3v) is 8.56. The largest absolute Gasteiger partial charge is 0.503 e. The summed E-state index contributed by atoms with van der Waals surface area (Å²) in [5.74, 6) is -6.22. The van der Waals surface area contributed by atoms with Crippen LogP contribution in [0.25, 0.3) is 0 Å². The lowest BCUT2D eigenvalue weighted by molar-refractivity contribution is -0.161. The Hall–Kier alpha value is -6.07. The minimum absolute atomic E-state index is 0.00844. The average Bonchev–Trinajstić information content (AvgIpc) is 3.47. The van der Waals surface area contributed by atoms with Gasteiger partial charge in [0.1, 0.15) is 11.7 Å². The quantitative estimate of drug-likeness (QED) is 0.0318. The number of β-lactam (4-membered cyclic amide) rings is 1. The number of carboxylic acids is 1. The highest BCUT2D eigenvalue weighted by molar-refractivity contribution is 7.84. The molecule has 0 unspecified atom stereocenters. The SMILES string of the molecule is CC(C)(O/N=C(\C(=O)N[C@@H]1C(=O)N(S(=O)(=O)O)[C@@H]1CNC(=O)c1cccc(C(=O)NCc2cc(=O)c(O)cn2O)c1)c1csc(N)n1)C(=O)O. The van der Waals surface area contributed by atoms with Gasteiger partial charge < -0.3 is 41.9 Å². The fraction of sp³-hybridized carbons (Fsp3) is 0.259. The number of nitrogen functional groups attached to an aromatic ring is 1. The second-order valence-electron chi connectivity index (χ2n) is 10.9. The van der Waals surface area contributed by atoms with Crippen LogP contribution in [0.1, 0.15) is 46.0 Å². The van der Waals surface area contributed by atoms with Crippen LogP contribution in [0.3, 0.4) is 0 Å². The van der Waals surface area contributed by atoms with Gasteiger partial charge in [-0.3, -0.25) is 28.5 Å². The number of pyridine rings is 1. The number of aromatic hydroxyl groups is 1. The van der Waals surface area contributed by atoms with Gasteiger partial charge in [-0.25, -0.2) is 14.1 Å². The van der Waals surface area contributed by atoms with Gasteiger partial charge in [0, 0.05) is 29.1 Å². The Kier molecular flexibility index (Phi) is 10.4. The lowest BCUT2D eigenvalue weighted by atomic mass is 9.98. The number of thiazole rings is 1. The maximum atomic E-state index is 13.3. The second-order valence-corrected chi connectivity index (χ2v) is 13.1. The van der Waals surface area contributed by atoms with Crippen LogP contribution >= 0.6 is 11.3 Å². The summed E-state index contributed by atoms with van der Waals surface area (Å²) in [7, 11) is -5.18. The zero-order chi connectivity index (χ0) is 37.1. The lowest BCUT2D eigenvalue weighted by Crippen LogP contribution is -2.74.